The van der Waals surface area contributed by atoms with Gasteiger partial charge in [-0.15, -0.1) is 0 Å². The van der Waals surface area contributed by atoms with Crippen LogP contribution in [0, 0.1) is 50.4 Å². The summed E-state index contributed by atoms with van der Waals surface area (Å²) in [7, 11) is 8.16. The van der Waals surface area contributed by atoms with Crippen molar-refractivity contribution in [2.75, 3.05) is 0 Å². The normalized spacial score (nSPS) is 28.6. The summed E-state index contributed by atoms with van der Waals surface area (Å²) in [4.78, 5) is 0. The van der Waals surface area contributed by atoms with Crippen molar-refractivity contribution < 1.29 is 20.8 Å². The van der Waals surface area contributed by atoms with Crippen molar-refractivity contribution in [1.82, 2.24) is 0 Å². The minimum absolute atomic E-state index is 0. The van der Waals surface area contributed by atoms with Crippen LogP contribution in [0.2, 0.25) is 24.2 Å². The molecule has 0 amide bonds. The molecule has 0 N–H and O–H groups in total. The Kier molecular flexibility index (Phi) is 15.2. The van der Waals surface area contributed by atoms with Crippen molar-refractivity contribution in [3.63, 3.8) is 0 Å². The molecule has 4 fully saturated rings. The fraction of sp³-hybridized carbons (Fsp3) is 0.464. The summed E-state index contributed by atoms with van der Waals surface area (Å²) in [6.07, 6.45) is 17.1. The Balaban J connectivity index is 0.00000106. The van der Waals surface area contributed by atoms with Gasteiger partial charge >= 0.3 is 37.9 Å². The molecule has 0 spiro atoms. The predicted molar refractivity (Wildman–Crippen MR) is 266 cm³/mol. The standard InChI is InChI=1S/C54H64Si.2CH3.2ClH.Zr/c1-5-17-37-33-51-45(49-31-35-19-7-9-21-39(35)41-23-11-13-25-43(41)49)27-15-29-47(51)53(37)55(3,4)54-38(18-6-2)34-52-46(28-16-30-48(52)54)50-32-36-20-8-10-22-40(36)42-24-12-14-26-44(42)50;;;;;/h7-14,19-26,31-32,37-38,45-48,51-54H,5-6,15-18,27-30,33-34H2,1-4H3;2*1H3;2*1H;/q;2*-1;;;+4/p-2. The molecule has 316 valence electrons. The van der Waals surface area contributed by atoms with Gasteiger partial charge in [0, 0.05) is 0 Å². The van der Waals surface area contributed by atoms with Crippen LogP contribution in [-0.4, -0.2) is 8.07 Å². The van der Waals surface area contributed by atoms with Crippen LogP contribution in [0.4, 0.5) is 0 Å². The SMILES string of the molecule is CCCC1CC2C(c3cc4ccccc4c4ccccc34)CCCC2C1[Si](C)(C)C1C(CCC)CC2C(c3cc4ccccc4c4ccccc34)CCCC21.[CH3-].[CH3-].[Cl][Zr+2][Cl]. The topological polar surface area (TPSA) is 0 Å². The third-order valence-corrected chi connectivity index (χ3v) is 22.0. The van der Waals surface area contributed by atoms with E-state index in [1.54, 1.807) is 11.1 Å². The van der Waals surface area contributed by atoms with Crippen LogP contribution in [-0.2, 0) is 20.8 Å². The molecule has 4 saturated carbocycles. The summed E-state index contributed by atoms with van der Waals surface area (Å²) < 4.78 is 0. The Bertz CT molecular complexity index is 2210. The van der Waals surface area contributed by atoms with Crippen molar-refractivity contribution in [3.05, 3.63) is 135 Å². The average molecular weight is 933 g/mol. The van der Waals surface area contributed by atoms with Gasteiger partial charge in [-0.3, -0.25) is 0 Å². The summed E-state index contributed by atoms with van der Waals surface area (Å²) in [5, 5.41) is 11.8. The Labute approximate surface area is 383 Å². The first-order valence-corrected chi connectivity index (χ1v) is 32.6. The summed E-state index contributed by atoms with van der Waals surface area (Å²) in [5.41, 5.74) is 5.30. The van der Waals surface area contributed by atoms with Crippen molar-refractivity contribution in [1.29, 1.82) is 0 Å². The average Bonchev–Trinajstić information content (AvgIpc) is 3.83. The molecule has 0 aromatic heterocycles. The van der Waals surface area contributed by atoms with Crippen LogP contribution < -0.4 is 0 Å². The van der Waals surface area contributed by atoms with Gasteiger partial charge in [-0.25, -0.2) is 0 Å². The molecule has 6 aromatic rings. The zero-order chi connectivity index (χ0) is 40.0. The third kappa shape index (κ3) is 8.18. The Hall–Kier alpha value is -1.96. The number of hydrogen-bond acceptors (Lipinski definition) is 0. The minimum atomic E-state index is -1.71. The Morgan fingerprint density at radius 1 is 0.500 bits per heavy atom. The number of fused-ring (bicyclic) bond motifs is 8. The zero-order valence-corrected chi connectivity index (χ0v) is 42.4. The zero-order valence-electron chi connectivity index (χ0n) is 37.4. The van der Waals surface area contributed by atoms with Crippen LogP contribution in [0.25, 0.3) is 43.1 Å². The fourth-order valence-corrected chi connectivity index (χ4v) is 21.8. The summed E-state index contributed by atoms with van der Waals surface area (Å²) in [6.45, 7) is 10.9. The van der Waals surface area contributed by atoms with E-state index in [1.807, 2.05) is 0 Å². The van der Waals surface area contributed by atoms with Crippen molar-refractivity contribution in [2.45, 2.75) is 127 Å². The van der Waals surface area contributed by atoms with Gasteiger partial charge in [0.1, 0.15) is 0 Å². The van der Waals surface area contributed by atoms with Crippen molar-refractivity contribution in [3.8, 4) is 0 Å². The first-order chi connectivity index (χ1) is 28.4. The van der Waals surface area contributed by atoms with Gasteiger partial charge in [-0.2, -0.15) is 0 Å². The van der Waals surface area contributed by atoms with E-state index in [4.69, 9.17) is 17.0 Å². The first-order valence-electron chi connectivity index (χ1n) is 23.2. The molecule has 0 saturated heterocycles. The van der Waals surface area contributed by atoms with E-state index in [9.17, 15) is 0 Å². The van der Waals surface area contributed by atoms with Crippen molar-refractivity contribution in [2.24, 2.45) is 35.5 Å². The second kappa shape index (κ2) is 19.8. The van der Waals surface area contributed by atoms with Gasteiger partial charge in [-0.05, 0) is 138 Å². The molecule has 0 heterocycles. The monoisotopic (exact) mass is 930 g/mol. The molecule has 0 nitrogen and oxygen atoms in total. The van der Waals surface area contributed by atoms with E-state index in [0.717, 1.165) is 46.6 Å². The molecule has 0 bridgehead atoms. The maximum absolute atomic E-state index is 4.93. The van der Waals surface area contributed by atoms with Gasteiger partial charge < -0.3 is 14.9 Å². The van der Waals surface area contributed by atoms with Gasteiger partial charge in [-0.1, -0.05) is 188 Å². The second-order valence-electron chi connectivity index (χ2n) is 19.7. The van der Waals surface area contributed by atoms with Crippen molar-refractivity contribution >= 4 is 68.2 Å². The second-order valence-corrected chi connectivity index (χ2v) is 28.4. The molecule has 0 aliphatic heterocycles. The Morgan fingerprint density at radius 3 is 1.23 bits per heavy atom. The van der Waals surface area contributed by atoms with Crippen LogP contribution in [0.5, 0.6) is 0 Å². The molecule has 60 heavy (non-hydrogen) atoms. The van der Waals surface area contributed by atoms with Gasteiger partial charge in [0.25, 0.3) is 0 Å². The molecule has 0 radical (unpaired) electrons. The summed E-state index contributed by atoms with van der Waals surface area (Å²) in [5.74, 6) is 6.74. The van der Waals surface area contributed by atoms with E-state index >= 15 is 0 Å². The quantitative estimate of drug-likeness (QED) is 0.0810. The third-order valence-electron chi connectivity index (χ3n) is 16.8. The molecule has 4 aliphatic rings. The molecular formula is C56H70Cl2SiZr. The van der Waals surface area contributed by atoms with Crippen LogP contribution in [0.15, 0.2) is 109 Å². The molecular weight excluding hydrogens is 863 g/mol. The molecule has 10 unspecified atom stereocenters. The molecule has 4 heteroatoms. The van der Waals surface area contributed by atoms with E-state index in [1.165, 1.54) is 120 Å². The number of halogens is 2. The summed E-state index contributed by atoms with van der Waals surface area (Å²) >= 11 is -0.826. The number of rotatable bonds is 8. The van der Waals surface area contributed by atoms with Gasteiger partial charge in [0.15, 0.2) is 0 Å². The molecule has 4 aliphatic carbocycles. The maximum atomic E-state index is 4.93. The van der Waals surface area contributed by atoms with Crippen LogP contribution in [0.1, 0.15) is 114 Å². The number of benzene rings is 6. The molecule has 6 aromatic carbocycles. The Morgan fingerprint density at radius 2 is 0.850 bits per heavy atom. The number of hydrogen-bond donors (Lipinski definition) is 0. The predicted octanol–water partition coefficient (Wildman–Crippen LogP) is 18.4. The molecule has 10 rings (SSSR count). The van der Waals surface area contributed by atoms with E-state index in [2.05, 4.69) is 136 Å². The molecule has 10 atom stereocenters. The van der Waals surface area contributed by atoms with E-state index in [-0.39, 0.29) is 14.9 Å². The summed E-state index contributed by atoms with van der Waals surface area (Å²) in [6, 6.07) is 42.6. The van der Waals surface area contributed by atoms with Gasteiger partial charge in [0.05, 0.1) is 8.07 Å². The van der Waals surface area contributed by atoms with E-state index in [0.29, 0.717) is 11.8 Å². The van der Waals surface area contributed by atoms with Crippen LogP contribution >= 0.6 is 17.0 Å². The van der Waals surface area contributed by atoms with E-state index < -0.39 is 28.9 Å². The van der Waals surface area contributed by atoms with Gasteiger partial charge in [0.2, 0.25) is 0 Å². The fourth-order valence-electron chi connectivity index (χ4n) is 15.3. The first kappa shape index (κ1) is 46.0. The van der Waals surface area contributed by atoms with Crippen LogP contribution in [0.3, 0.4) is 0 Å².